The van der Waals surface area contributed by atoms with E-state index in [9.17, 15) is 0 Å². The van der Waals surface area contributed by atoms with Gasteiger partial charge in [-0.2, -0.15) is 0 Å². The fourth-order valence-corrected chi connectivity index (χ4v) is 3.63. The van der Waals surface area contributed by atoms with E-state index in [1.165, 1.54) is 5.56 Å². The molecule has 1 aliphatic rings. The van der Waals surface area contributed by atoms with Gasteiger partial charge >= 0.3 is 0 Å². The first-order valence-corrected chi connectivity index (χ1v) is 9.57. The maximum Gasteiger partial charge on any atom is 0.193 e. The lowest BCUT2D eigenvalue weighted by molar-refractivity contribution is 0.0531. The molecule has 0 aromatic heterocycles. The van der Waals surface area contributed by atoms with Crippen LogP contribution in [0.1, 0.15) is 18.4 Å². The van der Waals surface area contributed by atoms with Crippen LogP contribution < -0.4 is 20.5 Å². The molecule has 3 N–H and O–H groups in total. The van der Waals surface area contributed by atoms with Gasteiger partial charge in [0.15, 0.2) is 5.96 Å². The molecule has 0 bridgehead atoms. The van der Waals surface area contributed by atoms with E-state index in [1.807, 2.05) is 36.4 Å². The Kier molecular flexibility index (Phi) is 6.65. The van der Waals surface area contributed by atoms with E-state index >= 15 is 0 Å². The summed E-state index contributed by atoms with van der Waals surface area (Å²) >= 11 is 6.23. The fraction of sp³-hybridized carbons (Fsp3) is 0.381. The number of benzene rings is 2. The van der Waals surface area contributed by atoms with Crippen molar-refractivity contribution in [2.75, 3.05) is 39.3 Å². The topological polar surface area (TPSA) is 78.1 Å². The summed E-state index contributed by atoms with van der Waals surface area (Å²) in [4.78, 5) is 4.64. The van der Waals surface area contributed by atoms with Gasteiger partial charge in [-0.15, -0.1) is 0 Å². The van der Waals surface area contributed by atoms with Crippen LogP contribution in [0.3, 0.4) is 0 Å². The number of rotatable bonds is 6. The molecule has 2 aromatic rings. The molecule has 3 rings (SSSR count). The number of aliphatic imine (C=N–C) groups is 1. The molecule has 0 aliphatic carbocycles. The fourth-order valence-electron chi connectivity index (χ4n) is 3.44. The van der Waals surface area contributed by atoms with Crippen molar-refractivity contribution in [1.82, 2.24) is 0 Å². The highest BCUT2D eigenvalue weighted by atomic mass is 35.5. The SMILES string of the molecule is COc1ccc(OC)c(NC(N)=NCC2(c3cccc(Cl)c3)CCOCC2)c1. The van der Waals surface area contributed by atoms with Crippen molar-refractivity contribution >= 4 is 23.2 Å². The molecule has 0 spiro atoms. The van der Waals surface area contributed by atoms with Crippen LogP contribution in [0, 0.1) is 0 Å². The molecular weight excluding hydrogens is 378 g/mol. The number of halogens is 1. The molecule has 0 amide bonds. The second-order valence-electron chi connectivity index (χ2n) is 6.80. The molecule has 1 aliphatic heterocycles. The van der Waals surface area contributed by atoms with E-state index in [-0.39, 0.29) is 5.41 Å². The van der Waals surface area contributed by atoms with Gasteiger partial charge in [-0.3, -0.25) is 4.99 Å². The summed E-state index contributed by atoms with van der Waals surface area (Å²) in [6.45, 7) is 1.93. The Morgan fingerprint density at radius 3 is 2.64 bits per heavy atom. The molecule has 6 nitrogen and oxygen atoms in total. The van der Waals surface area contributed by atoms with Crippen LogP contribution in [0.4, 0.5) is 5.69 Å². The van der Waals surface area contributed by atoms with Crippen molar-refractivity contribution in [1.29, 1.82) is 0 Å². The van der Waals surface area contributed by atoms with Gasteiger partial charge in [0.25, 0.3) is 0 Å². The van der Waals surface area contributed by atoms with Gasteiger partial charge in [0.1, 0.15) is 11.5 Å². The number of guanidine groups is 1. The summed E-state index contributed by atoms with van der Waals surface area (Å²) in [7, 11) is 3.22. The van der Waals surface area contributed by atoms with E-state index in [0.29, 0.717) is 42.9 Å². The second kappa shape index (κ2) is 9.17. The van der Waals surface area contributed by atoms with Crippen molar-refractivity contribution in [3.63, 3.8) is 0 Å². The van der Waals surface area contributed by atoms with Gasteiger partial charge in [-0.1, -0.05) is 23.7 Å². The monoisotopic (exact) mass is 403 g/mol. The lowest BCUT2D eigenvalue weighted by Gasteiger charge is -2.36. The average Bonchev–Trinajstić information content (AvgIpc) is 2.73. The Labute approximate surface area is 170 Å². The zero-order valence-electron chi connectivity index (χ0n) is 16.2. The van der Waals surface area contributed by atoms with Crippen molar-refractivity contribution in [2.24, 2.45) is 10.7 Å². The molecule has 1 heterocycles. The van der Waals surface area contributed by atoms with Gasteiger partial charge in [-0.05, 0) is 42.7 Å². The Hall–Kier alpha value is -2.44. The second-order valence-corrected chi connectivity index (χ2v) is 7.23. The molecule has 1 fully saturated rings. The normalized spacial score (nSPS) is 16.5. The van der Waals surface area contributed by atoms with E-state index in [1.54, 1.807) is 14.2 Å². The maximum atomic E-state index is 6.23. The average molecular weight is 404 g/mol. The molecule has 150 valence electrons. The van der Waals surface area contributed by atoms with Crippen LogP contribution in [0.2, 0.25) is 5.02 Å². The van der Waals surface area contributed by atoms with Gasteiger partial charge in [0.2, 0.25) is 0 Å². The molecule has 2 aromatic carbocycles. The molecule has 7 heteroatoms. The highest BCUT2D eigenvalue weighted by Gasteiger charge is 2.34. The molecule has 0 unspecified atom stereocenters. The van der Waals surface area contributed by atoms with Gasteiger partial charge < -0.3 is 25.3 Å². The molecule has 1 saturated heterocycles. The van der Waals surface area contributed by atoms with E-state index in [4.69, 9.17) is 31.5 Å². The van der Waals surface area contributed by atoms with E-state index in [0.717, 1.165) is 17.9 Å². The minimum Gasteiger partial charge on any atom is -0.497 e. The lowest BCUT2D eigenvalue weighted by Crippen LogP contribution is -2.38. The first-order chi connectivity index (χ1) is 13.6. The minimum absolute atomic E-state index is 0.145. The number of nitrogens with two attached hydrogens (primary N) is 1. The largest absolute Gasteiger partial charge is 0.497 e. The summed E-state index contributed by atoms with van der Waals surface area (Å²) in [6, 6.07) is 13.4. The number of methoxy groups -OCH3 is 2. The van der Waals surface area contributed by atoms with Crippen molar-refractivity contribution in [3.8, 4) is 11.5 Å². The van der Waals surface area contributed by atoms with Gasteiger partial charge in [0, 0.05) is 29.7 Å². The Morgan fingerprint density at radius 1 is 1.18 bits per heavy atom. The summed E-state index contributed by atoms with van der Waals surface area (Å²) in [6.07, 6.45) is 1.74. The van der Waals surface area contributed by atoms with Crippen LogP contribution in [0.25, 0.3) is 0 Å². The highest BCUT2D eigenvalue weighted by Crippen LogP contribution is 2.36. The number of hydrogen-bond acceptors (Lipinski definition) is 4. The van der Waals surface area contributed by atoms with Crippen molar-refractivity contribution < 1.29 is 14.2 Å². The van der Waals surface area contributed by atoms with E-state index < -0.39 is 0 Å². The molecule has 28 heavy (non-hydrogen) atoms. The van der Waals surface area contributed by atoms with Gasteiger partial charge in [-0.25, -0.2) is 0 Å². The molecular formula is C21H26ClN3O3. The molecule has 0 atom stereocenters. The zero-order valence-corrected chi connectivity index (χ0v) is 17.0. The van der Waals surface area contributed by atoms with Crippen LogP contribution >= 0.6 is 11.6 Å². The summed E-state index contributed by atoms with van der Waals surface area (Å²) in [5.74, 6) is 1.69. The number of nitrogens with zero attached hydrogens (tertiary/aromatic N) is 1. The predicted octanol–water partition coefficient (Wildman–Crippen LogP) is 3.83. The van der Waals surface area contributed by atoms with Crippen LogP contribution in [-0.4, -0.2) is 39.9 Å². The molecule has 0 saturated carbocycles. The van der Waals surface area contributed by atoms with Crippen molar-refractivity contribution in [3.05, 3.63) is 53.1 Å². The number of ether oxygens (including phenoxy) is 3. The third-order valence-electron chi connectivity index (χ3n) is 5.11. The van der Waals surface area contributed by atoms with Crippen LogP contribution in [-0.2, 0) is 10.2 Å². The molecule has 0 radical (unpaired) electrons. The quantitative estimate of drug-likeness (QED) is 0.566. The Bertz CT molecular complexity index is 835. The minimum atomic E-state index is -0.145. The van der Waals surface area contributed by atoms with Crippen LogP contribution in [0.15, 0.2) is 47.5 Å². The Balaban J connectivity index is 1.81. The highest BCUT2D eigenvalue weighted by molar-refractivity contribution is 6.30. The summed E-state index contributed by atoms with van der Waals surface area (Å²) in [5.41, 5.74) is 7.91. The zero-order chi connectivity index (χ0) is 20.0. The number of hydrogen-bond donors (Lipinski definition) is 2. The Morgan fingerprint density at radius 2 is 1.96 bits per heavy atom. The third-order valence-corrected chi connectivity index (χ3v) is 5.34. The standard InChI is InChI=1S/C21H26ClN3O3/c1-26-17-6-7-19(27-2)18(13-17)25-20(23)24-14-21(8-10-28-11-9-21)15-4-3-5-16(22)12-15/h3-7,12-13H,8-11,14H2,1-2H3,(H3,23,24,25). The predicted molar refractivity (Wildman–Crippen MR) is 113 cm³/mol. The number of nitrogens with one attached hydrogen (secondary N) is 1. The van der Waals surface area contributed by atoms with E-state index in [2.05, 4.69) is 16.4 Å². The lowest BCUT2D eigenvalue weighted by atomic mass is 9.74. The smallest absolute Gasteiger partial charge is 0.193 e. The van der Waals surface area contributed by atoms with Crippen molar-refractivity contribution in [2.45, 2.75) is 18.3 Å². The first-order valence-electron chi connectivity index (χ1n) is 9.19. The first kappa shape index (κ1) is 20.3. The number of anilines is 1. The summed E-state index contributed by atoms with van der Waals surface area (Å²) in [5, 5.41) is 3.84. The summed E-state index contributed by atoms with van der Waals surface area (Å²) < 4.78 is 16.2. The third kappa shape index (κ3) is 4.69. The van der Waals surface area contributed by atoms with Crippen LogP contribution in [0.5, 0.6) is 11.5 Å². The maximum absolute atomic E-state index is 6.23. The van der Waals surface area contributed by atoms with Gasteiger partial charge in [0.05, 0.1) is 26.5 Å².